The molecule has 1 aromatic carbocycles. The molecule has 194 valence electrons. The van der Waals surface area contributed by atoms with Gasteiger partial charge in [0.15, 0.2) is 29.5 Å². The average molecular weight is 509 g/mol. The highest BCUT2D eigenvalue weighted by atomic mass is 16.8. The number of esters is 1. The van der Waals surface area contributed by atoms with Crippen LogP contribution in [-0.4, -0.2) is 69.3 Å². The lowest BCUT2D eigenvalue weighted by Crippen LogP contribution is -2.30. The van der Waals surface area contributed by atoms with Crippen LogP contribution in [0.1, 0.15) is 32.1 Å². The van der Waals surface area contributed by atoms with Gasteiger partial charge in [-0.05, 0) is 25.5 Å². The number of hydrogen-bond acceptors (Lipinski definition) is 9. The number of benzene rings is 1. The van der Waals surface area contributed by atoms with Crippen LogP contribution in [0.3, 0.4) is 0 Å². The van der Waals surface area contributed by atoms with Crippen LogP contribution in [0.25, 0.3) is 17.2 Å². The normalized spacial score (nSPS) is 24.9. The van der Waals surface area contributed by atoms with Gasteiger partial charge < -0.3 is 24.3 Å². The Labute approximate surface area is 213 Å². The van der Waals surface area contributed by atoms with Crippen molar-refractivity contribution in [2.45, 2.75) is 51.1 Å². The molecule has 0 spiro atoms. The van der Waals surface area contributed by atoms with Gasteiger partial charge in [-0.2, -0.15) is 0 Å². The molecular formula is C25H28N6O6. The third-order valence-electron chi connectivity index (χ3n) is 5.99. The van der Waals surface area contributed by atoms with Gasteiger partial charge >= 0.3 is 12.0 Å². The van der Waals surface area contributed by atoms with E-state index < -0.39 is 36.9 Å². The first-order valence-electron chi connectivity index (χ1n) is 12.1. The van der Waals surface area contributed by atoms with Gasteiger partial charge in [-0.3, -0.25) is 14.7 Å². The molecule has 3 aromatic rings. The third kappa shape index (κ3) is 5.31. The summed E-state index contributed by atoms with van der Waals surface area (Å²) >= 11 is 0. The highest BCUT2D eigenvalue weighted by Gasteiger charge is 2.54. The van der Waals surface area contributed by atoms with Crippen molar-refractivity contribution in [3.63, 3.8) is 0 Å². The Morgan fingerprint density at radius 1 is 1.08 bits per heavy atom. The zero-order valence-electron chi connectivity index (χ0n) is 20.4. The Kier molecular flexibility index (Phi) is 7.40. The molecule has 2 aromatic heterocycles. The Balaban J connectivity index is 1.41. The van der Waals surface area contributed by atoms with Crippen molar-refractivity contribution in [1.29, 1.82) is 0 Å². The standard InChI is InChI=1S/C25H28N6O6/c1-3-26-25(33)30-22-19-23(28-13-27-22)31(14-29-19)24-21-20(16(35-24)12-17(32)34-4-2)36-18(37-21)11-10-15-8-6-5-7-9-15/h5-11,13-14,16,18,20-21,24H,3-4,12H2,1-2H3,(H2,26,27,28,30,33)/b11-10+/t16?,18-,20?,21?,24?/m0/s1. The molecule has 2 fully saturated rings. The van der Waals surface area contributed by atoms with Gasteiger partial charge in [0.2, 0.25) is 0 Å². The molecule has 2 aliphatic rings. The summed E-state index contributed by atoms with van der Waals surface area (Å²) in [6.45, 7) is 4.30. The number of fused-ring (bicyclic) bond motifs is 2. The number of carbonyl (C=O) groups excluding carboxylic acids is 2. The van der Waals surface area contributed by atoms with Crippen molar-refractivity contribution in [1.82, 2.24) is 24.8 Å². The van der Waals surface area contributed by atoms with Crippen molar-refractivity contribution in [3.05, 3.63) is 54.6 Å². The van der Waals surface area contributed by atoms with E-state index in [1.807, 2.05) is 49.4 Å². The van der Waals surface area contributed by atoms with E-state index in [-0.39, 0.29) is 24.8 Å². The van der Waals surface area contributed by atoms with E-state index in [0.29, 0.717) is 17.7 Å². The minimum absolute atomic E-state index is 0.00952. The summed E-state index contributed by atoms with van der Waals surface area (Å²) in [6, 6.07) is 9.40. The van der Waals surface area contributed by atoms with E-state index in [4.69, 9.17) is 18.9 Å². The summed E-state index contributed by atoms with van der Waals surface area (Å²) < 4.78 is 25.5. The smallest absolute Gasteiger partial charge is 0.320 e. The Morgan fingerprint density at radius 2 is 1.89 bits per heavy atom. The molecule has 37 heavy (non-hydrogen) atoms. The molecule has 4 unspecified atom stereocenters. The van der Waals surface area contributed by atoms with E-state index >= 15 is 0 Å². The maximum atomic E-state index is 12.3. The summed E-state index contributed by atoms with van der Waals surface area (Å²) in [4.78, 5) is 37.3. The number of urea groups is 1. The molecule has 0 aliphatic carbocycles. The van der Waals surface area contributed by atoms with Crippen molar-refractivity contribution >= 4 is 35.1 Å². The first-order valence-corrected chi connectivity index (χ1v) is 12.1. The molecule has 2 N–H and O–H groups in total. The van der Waals surface area contributed by atoms with Crippen LogP contribution in [0.4, 0.5) is 10.6 Å². The zero-order chi connectivity index (χ0) is 25.8. The molecule has 0 bridgehead atoms. The minimum atomic E-state index is -0.684. The number of aromatic nitrogens is 4. The maximum absolute atomic E-state index is 12.3. The number of nitrogens with one attached hydrogen (secondary N) is 2. The fraction of sp³-hybridized carbons (Fsp3) is 0.400. The molecule has 0 radical (unpaired) electrons. The van der Waals surface area contributed by atoms with Crippen LogP contribution in [0.2, 0.25) is 0 Å². The summed E-state index contributed by atoms with van der Waals surface area (Å²) in [6.07, 6.45) is 3.66. The second kappa shape index (κ2) is 11.0. The van der Waals surface area contributed by atoms with E-state index in [1.165, 1.54) is 6.33 Å². The topological polar surface area (TPSA) is 139 Å². The highest BCUT2D eigenvalue weighted by Crippen LogP contribution is 2.42. The van der Waals surface area contributed by atoms with Crippen LogP contribution in [0.5, 0.6) is 0 Å². The van der Waals surface area contributed by atoms with Gasteiger partial charge in [0.05, 0.1) is 25.5 Å². The molecular weight excluding hydrogens is 480 g/mol. The van der Waals surface area contributed by atoms with Crippen LogP contribution < -0.4 is 10.6 Å². The second-order valence-corrected chi connectivity index (χ2v) is 8.44. The van der Waals surface area contributed by atoms with Crippen molar-refractivity contribution in [2.75, 3.05) is 18.5 Å². The van der Waals surface area contributed by atoms with E-state index in [0.717, 1.165) is 5.56 Å². The Hall–Kier alpha value is -3.87. The van der Waals surface area contributed by atoms with E-state index in [1.54, 1.807) is 17.8 Å². The van der Waals surface area contributed by atoms with Crippen LogP contribution in [0, 0.1) is 0 Å². The number of amides is 2. The number of hydrogen-bond donors (Lipinski definition) is 2. The largest absolute Gasteiger partial charge is 0.466 e. The Bertz CT molecular complexity index is 1280. The van der Waals surface area contributed by atoms with Gasteiger partial charge in [0.1, 0.15) is 18.5 Å². The predicted molar refractivity (Wildman–Crippen MR) is 132 cm³/mol. The lowest BCUT2D eigenvalue weighted by molar-refractivity contribution is -0.154. The van der Waals surface area contributed by atoms with Crippen molar-refractivity contribution < 1.29 is 28.5 Å². The quantitative estimate of drug-likeness (QED) is 0.440. The average Bonchev–Trinajstić information content (AvgIpc) is 3.59. The highest BCUT2D eigenvalue weighted by molar-refractivity contribution is 5.95. The Morgan fingerprint density at radius 3 is 2.68 bits per heavy atom. The van der Waals surface area contributed by atoms with Gasteiger partial charge in [-0.25, -0.2) is 19.7 Å². The van der Waals surface area contributed by atoms with Crippen LogP contribution in [-0.2, 0) is 23.7 Å². The molecule has 12 nitrogen and oxygen atoms in total. The lowest BCUT2D eigenvalue weighted by Gasteiger charge is -2.20. The number of carbonyl (C=O) groups is 2. The summed E-state index contributed by atoms with van der Waals surface area (Å²) in [5.74, 6) is -0.121. The number of anilines is 1. The fourth-order valence-corrected chi connectivity index (χ4v) is 4.42. The van der Waals surface area contributed by atoms with Crippen molar-refractivity contribution in [3.8, 4) is 0 Å². The number of ether oxygens (including phenoxy) is 4. The SMILES string of the molecule is CCNC(=O)Nc1ncnc2c1ncn2C1OC(CC(=O)OCC)C2O[C@H](/C=C/c3ccccc3)OC21. The lowest BCUT2D eigenvalue weighted by atomic mass is 10.1. The van der Waals surface area contributed by atoms with Gasteiger partial charge in [0.25, 0.3) is 0 Å². The summed E-state index contributed by atoms with van der Waals surface area (Å²) in [5, 5.41) is 5.34. The molecule has 5 rings (SSSR count). The molecule has 0 saturated carbocycles. The summed E-state index contributed by atoms with van der Waals surface area (Å²) in [5.41, 5.74) is 1.84. The van der Waals surface area contributed by atoms with Gasteiger partial charge in [0, 0.05) is 6.54 Å². The minimum Gasteiger partial charge on any atom is -0.466 e. The van der Waals surface area contributed by atoms with Gasteiger partial charge in [-0.1, -0.05) is 36.4 Å². The summed E-state index contributed by atoms with van der Waals surface area (Å²) in [7, 11) is 0. The monoisotopic (exact) mass is 508 g/mol. The maximum Gasteiger partial charge on any atom is 0.320 e. The molecule has 5 atom stereocenters. The molecule has 2 amide bonds. The van der Waals surface area contributed by atoms with Crippen LogP contribution in [0.15, 0.2) is 49.1 Å². The third-order valence-corrected chi connectivity index (χ3v) is 5.99. The van der Waals surface area contributed by atoms with Crippen LogP contribution >= 0.6 is 0 Å². The van der Waals surface area contributed by atoms with Crippen molar-refractivity contribution in [2.24, 2.45) is 0 Å². The zero-order valence-corrected chi connectivity index (χ0v) is 20.4. The predicted octanol–water partition coefficient (Wildman–Crippen LogP) is 2.64. The van der Waals surface area contributed by atoms with E-state index in [9.17, 15) is 9.59 Å². The molecule has 2 saturated heterocycles. The first-order chi connectivity index (χ1) is 18.1. The first kappa shape index (κ1) is 24.8. The second-order valence-electron chi connectivity index (χ2n) is 8.44. The number of nitrogens with zero attached hydrogens (tertiary/aromatic N) is 4. The molecule has 4 heterocycles. The molecule has 2 aliphatic heterocycles. The van der Waals surface area contributed by atoms with Gasteiger partial charge in [-0.15, -0.1) is 0 Å². The molecule has 12 heteroatoms. The van der Waals surface area contributed by atoms with E-state index in [2.05, 4.69) is 25.6 Å². The number of rotatable bonds is 8. The number of imidazole rings is 1. The fourth-order valence-electron chi connectivity index (χ4n) is 4.42.